The first kappa shape index (κ1) is 19.6. The van der Waals surface area contributed by atoms with Crippen LogP contribution in [0.15, 0.2) is 48.5 Å². The van der Waals surface area contributed by atoms with Crippen LogP contribution in [0.25, 0.3) is 0 Å². The van der Waals surface area contributed by atoms with Crippen molar-refractivity contribution in [2.75, 3.05) is 12.9 Å². The Bertz CT molecular complexity index is 776. The number of benzene rings is 2. The van der Waals surface area contributed by atoms with Crippen molar-refractivity contribution in [3.05, 3.63) is 59.7 Å². The molecule has 0 saturated carbocycles. The average molecular weight is 386 g/mol. The van der Waals surface area contributed by atoms with Gasteiger partial charge in [-0.15, -0.1) is 0 Å². The van der Waals surface area contributed by atoms with E-state index in [1.807, 2.05) is 36.4 Å². The SMILES string of the molecule is COc1ccc2c(c1)C(NC(=O)CCSCc1ccccc1)CC(C)(C)O2. The fourth-order valence-corrected chi connectivity index (χ4v) is 4.19. The molecular formula is C22H27NO3S. The number of hydrogen-bond acceptors (Lipinski definition) is 4. The second kappa shape index (κ2) is 8.70. The van der Waals surface area contributed by atoms with E-state index in [-0.39, 0.29) is 17.6 Å². The highest BCUT2D eigenvalue weighted by Crippen LogP contribution is 2.41. The first-order chi connectivity index (χ1) is 13.0. The fourth-order valence-electron chi connectivity index (χ4n) is 3.28. The van der Waals surface area contributed by atoms with Gasteiger partial charge >= 0.3 is 0 Å². The van der Waals surface area contributed by atoms with Gasteiger partial charge < -0.3 is 14.8 Å². The molecule has 2 aromatic rings. The minimum absolute atomic E-state index is 0.0644. The van der Waals surface area contributed by atoms with E-state index < -0.39 is 0 Å². The van der Waals surface area contributed by atoms with Crippen molar-refractivity contribution in [1.29, 1.82) is 0 Å². The van der Waals surface area contributed by atoms with Crippen molar-refractivity contribution in [3.63, 3.8) is 0 Å². The first-order valence-electron chi connectivity index (χ1n) is 9.25. The molecule has 1 atom stereocenters. The van der Waals surface area contributed by atoms with Crippen molar-refractivity contribution in [2.24, 2.45) is 0 Å². The topological polar surface area (TPSA) is 47.6 Å². The van der Waals surface area contributed by atoms with Gasteiger partial charge in [-0.1, -0.05) is 30.3 Å². The quantitative estimate of drug-likeness (QED) is 0.700. The van der Waals surface area contributed by atoms with E-state index in [1.165, 1.54) is 5.56 Å². The largest absolute Gasteiger partial charge is 0.497 e. The number of thioether (sulfide) groups is 1. The van der Waals surface area contributed by atoms with E-state index in [1.54, 1.807) is 18.9 Å². The number of rotatable bonds is 7. The minimum atomic E-state index is -0.318. The van der Waals surface area contributed by atoms with E-state index >= 15 is 0 Å². The van der Waals surface area contributed by atoms with Crippen LogP contribution in [0, 0.1) is 0 Å². The summed E-state index contributed by atoms with van der Waals surface area (Å²) in [7, 11) is 1.65. The molecule has 0 saturated heterocycles. The Morgan fingerprint density at radius 2 is 2.04 bits per heavy atom. The average Bonchev–Trinajstić information content (AvgIpc) is 2.65. The Morgan fingerprint density at radius 3 is 2.78 bits per heavy atom. The number of methoxy groups -OCH3 is 1. The van der Waals surface area contributed by atoms with Crippen LogP contribution in [0.3, 0.4) is 0 Å². The highest BCUT2D eigenvalue weighted by atomic mass is 32.2. The molecule has 4 nitrogen and oxygen atoms in total. The third-order valence-electron chi connectivity index (χ3n) is 4.59. The first-order valence-corrected chi connectivity index (χ1v) is 10.4. The molecule has 1 aliphatic heterocycles. The van der Waals surface area contributed by atoms with Gasteiger partial charge in [0.15, 0.2) is 0 Å². The Balaban J connectivity index is 1.57. The van der Waals surface area contributed by atoms with Gasteiger partial charge in [-0.3, -0.25) is 4.79 Å². The summed E-state index contributed by atoms with van der Waals surface area (Å²) in [5, 5.41) is 3.19. The number of carbonyl (C=O) groups is 1. The molecule has 27 heavy (non-hydrogen) atoms. The Kier molecular flexibility index (Phi) is 6.32. The molecule has 0 aliphatic carbocycles. The van der Waals surface area contributed by atoms with E-state index in [0.29, 0.717) is 6.42 Å². The molecule has 2 aromatic carbocycles. The normalized spacial score (nSPS) is 17.5. The molecule has 5 heteroatoms. The van der Waals surface area contributed by atoms with Crippen LogP contribution in [-0.2, 0) is 10.5 Å². The molecule has 0 aromatic heterocycles. The minimum Gasteiger partial charge on any atom is -0.497 e. The second-order valence-corrected chi connectivity index (χ2v) is 8.48. The maximum Gasteiger partial charge on any atom is 0.221 e. The zero-order valence-corrected chi connectivity index (χ0v) is 17.0. The summed E-state index contributed by atoms with van der Waals surface area (Å²) < 4.78 is 11.4. The highest BCUT2D eigenvalue weighted by molar-refractivity contribution is 7.98. The summed E-state index contributed by atoms with van der Waals surface area (Å²) in [4.78, 5) is 12.5. The lowest BCUT2D eigenvalue weighted by Crippen LogP contribution is -2.41. The summed E-state index contributed by atoms with van der Waals surface area (Å²) in [6.07, 6.45) is 1.24. The predicted octanol–water partition coefficient (Wildman–Crippen LogP) is 4.74. The van der Waals surface area contributed by atoms with Crippen molar-refractivity contribution in [1.82, 2.24) is 5.32 Å². The van der Waals surface area contributed by atoms with Gasteiger partial charge in [0, 0.05) is 29.9 Å². The molecule has 0 fully saturated rings. The summed E-state index contributed by atoms with van der Waals surface area (Å²) in [5.74, 6) is 3.40. The van der Waals surface area contributed by atoms with Crippen molar-refractivity contribution in [2.45, 2.75) is 44.1 Å². The number of fused-ring (bicyclic) bond motifs is 1. The molecule has 0 spiro atoms. The van der Waals surface area contributed by atoms with Crippen LogP contribution in [-0.4, -0.2) is 24.4 Å². The van der Waals surface area contributed by atoms with Crippen molar-refractivity contribution >= 4 is 17.7 Å². The standard InChI is InChI=1S/C22H27NO3S/c1-22(2)14-19(18-13-17(25-3)9-10-20(18)26-22)23-21(24)11-12-27-15-16-7-5-4-6-8-16/h4-10,13,19H,11-12,14-15H2,1-3H3,(H,23,24). The van der Waals surface area contributed by atoms with Gasteiger partial charge in [-0.2, -0.15) is 11.8 Å². The van der Waals surface area contributed by atoms with Crippen LogP contribution >= 0.6 is 11.8 Å². The number of amides is 1. The monoisotopic (exact) mass is 385 g/mol. The zero-order valence-electron chi connectivity index (χ0n) is 16.2. The van der Waals surface area contributed by atoms with Crippen LogP contribution in [0.5, 0.6) is 11.5 Å². The number of carbonyl (C=O) groups excluding carboxylic acids is 1. The summed E-state index contributed by atoms with van der Waals surface area (Å²) in [6, 6.07) is 16.0. The van der Waals surface area contributed by atoms with Gasteiger partial charge in [0.05, 0.1) is 13.2 Å². The van der Waals surface area contributed by atoms with E-state index in [9.17, 15) is 4.79 Å². The van der Waals surface area contributed by atoms with Gasteiger partial charge in [0.1, 0.15) is 17.1 Å². The van der Waals surface area contributed by atoms with E-state index in [0.717, 1.165) is 35.0 Å². The molecule has 144 valence electrons. The smallest absolute Gasteiger partial charge is 0.221 e. The lowest BCUT2D eigenvalue weighted by molar-refractivity contribution is -0.121. The summed E-state index contributed by atoms with van der Waals surface area (Å²) >= 11 is 1.78. The zero-order chi connectivity index (χ0) is 19.3. The number of ether oxygens (including phenoxy) is 2. The predicted molar refractivity (Wildman–Crippen MR) is 110 cm³/mol. The maximum atomic E-state index is 12.5. The molecule has 0 radical (unpaired) electrons. The fraction of sp³-hybridized carbons (Fsp3) is 0.409. The molecular weight excluding hydrogens is 358 g/mol. The number of nitrogens with one attached hydrogen (secondary N) is 1. The summed E-state index contributed by atoms with van der Waals surface area (Å²) in [6.45, 7) is 4.10. The van der Waals surface area contributed by atoms with Gasteiger partial charge in [-0.05, 0) is 37.6 Å². The molecule has 1 heterocycles. The third kappa shape index (κ3) is 5.42. The second-order valence-electron chi connectivity index (χ2n) is 7.38. The molecule has 3 rings (SSSR count). The molecule has 1 amide bonds. The number of hydrogen-bond donors (Lipinski definition) is 1. The van der Waals surface area contributed by atoms with Gasteiger partial charge in [-0.25, -0.2) is 0 Å². The summed E-state index contributed by atoms with van der Waals surface area (Å²) in [5.41, 5.74) is 1.95. The van der Waals surface area contributed by atoms with Gasteiger partial charge in [0.2, 0.25) is 5.91 Å². The van der Waals surface area contributed by atoms with Crippen molar-refractivity contribution < 1.29 is 14.3 Å². The van der Waals surface area contributed by atoms with Crippen LogP contribution in [0.1, 0.15) is 43.9 Å². The Morgan fingerprint density at radius 1 is 1.26 bits per heavy atom. The van der Waals surface area contributed by atoms with Crippen LogP contribution in [0.2, 0.25) is 0 Å². The molecule has 1 unspecified atom stereocenters. The maximum absolute atomic E-state index is 12.5. The highest BCUT2D eigenvalue weighted by Gasteiger charge is 2.34. The molecule has 1 N–H and O–H groups in total. The Labute approximate surface area is 165 Å². The van der Waals surface area contributed by atoms with Crippen molar-refractivity contribution in [3.8, 4) is 11.5 Å². The Hall–Kier alpha value is -2.14. The van der Waals surface area contributed by atoms with E-state index in [2.05, 4.69) is 31.3 Å². The molecule has 1 aliphatic rings. The van der Waals surface area contributed by atoms with E-state index in [4.69, 9.17) is 9.47 Å². The van der Waals surface area contributed by atoms with Gasteiger partial charge in [0.25, 0.3) is 0 Å². The lowest BCUT2D eigenvalue weighted by atomic mass is 9.89. The van der Waals surface area contributed by atoms with Crippen LogP contribution < -0.4 is 14.8 Å². The lowest BCUT2D eigenvalue weighted by Gasteiger charge is -2.38. The molecule has 0 bridgehead atoms. The van der Waals surface area contributed by atoms with Crippen LogP contribution in [0.4, 0.5) is 0 Å². The third-order valence-corrected chi connectivity index (χ3v) is 5.62.